The highest BCUT2D eigenvalue weighted by atomic mass is 19.1. The zero-order valence-electron chi connectivity index (χ0n) is 14.3. The fraction of sp³-hybridized carbons (Fsp3) is 0.167. The molecule has 0 radical (unpaired) electrons. The van der Waals surface area contributed by atoms with Gasteiger partial charge in [-0.3, -0.25) is 5.41 Å². The molecule has 0 aliphatic rings. The predicted molar refractivity (Wildman–Crippen MR) is 97.5 cm³/mol. The van der Waals surface area contributed by atoms with E-state index >= 15 is 0 Å². The predicted octanol–water partition coefficient (Wildman–Crippen LogP) is 3.07. The number of aromatic nitrogens is 3. The van der Waals surface area contributed by atoms with Gasteiger partial charge in [-0.05, 0) is 31.2 Å². The SMILES string of the molecule is CN/C=C(\C(=N)c1ccc(F)c(C)n1)c1ccc2ncc(CN=O)n2c1. The van der Waals surface area contributed by atoms with Crippen LogP contribution in [0.3, 0.4) is 0 Å². The zero-order valence-corrected chi connectivity index (χ0v) is 14.3. The number of nitrogens with zero attached hydrogens (tertiary/aromatic N) is 4. The Hall–Kier alpha value is -3.42. The van der Waals surface area contributed by atoms with Crippen LogP contribution in [0.2, 0.25) is 0 Å². The molecule has 0 bridgehead atoms. The first-order valence-corrected chi connectivity index (χ1v) is 7.90. The van der Waals surface area contributed by atoms with Crippen LogP contribution in [-0.4, -0.2) is 27.1 Å². The molecule has 3 aromatic heterocycles. The van der Waals surface area contributed by atoms with Crippen molar-refractivity contribution in [2.75, 3.05) is 7.05 Å². The Balaban J connectivity index is 2.07. The van der Waals surface area contributed by atoms with Gasteiger partial charge in [0.05, 0.1) is 29.0 Å². The van der Waals surface area contributed by atoms with E-state index in [1.807, 2.05) is 6.07 Å². The Morgan fingerprint density at radius 1 is 1.38 bits per heavy atom. The maximum absolute atomic E-state index is 13.5. The second-order valence-electron chi connectivity index (χ2n) is 5.67. The van der Waals surface area contributed by atoms with Gasteiger partial charge in [-0.15, -0.1) is 0 Å². The number of rotatable bonds is 6. The molecule has 3 heterocycles. The first-order chi connectivity index (χ1) is 12.5. The number of aryl methyl sites for hydroxylation is 1. The second kappa shape index (κ2) is 7.22. The van der Waals surface area contributed by atoms with E-state index in [1.54, 1.807) is 43.0 Å². The Morgan fingerprint density at radius 3 is 2.88 bits per heavy atom. The fourth-order valence-corrected chi connectivity index (χ4v) is 2.64. The third-order valence-corrected chi connectivity index (χ3v) is 3.96. The van der Waals surface area contributed by atoms with Crippen molar-refractivity contribution in [3.63, 3.8) is 0 Å². The van der Waals surface area contributed by atoms with Gasteiger partial charge in [0.1, 0.15) is 18.0 Å². The fourth-order valence-electron chi connectivity index (χ4n) is 2.64. The third-order valence-electron chi connectivity index (χ3n) is 3.96. The molecular weight excluding hydrogens is 335 g/mol. The van der Waals surface area contributed by atoms with Gasteiger partial charge in [0, 0.05) is 30.6 Å². The molecule has 0 amide bonds. The first-order valence-electron chi connectivity index (χ1n) is 7.90. The van der Waals surface area contributed by atoms with Crippen LogP contribution >= 0.6 is 0 Å². The topological polar surface area (TPSA) is 95.5 Å². The van der Waals surface area contributed by atoms with Crippen molar-refractivity contribution in [2.45, 2.75) is 13.5 Å². The highest BCUT2D eigenvalue weighted by Gasteiger charge is 2.15. The van der Waals surface area contributed by atoms with E-state index in [0.717, 1.165) is 5.56 Å². The Labute approximate surface area is 149 Å². The van der Waals surface area contributed by atoms with Crippen LogP contribution < -0.4 is 5.32 Å². The third kappa shape index (κ3) is 3.21. The van der Waals surface area contributed by atoms with E-state index in [2.05, 4.69) is 20.5 Å². The molecule has 0 fully saturated rings. The number of allylic oxidation sites excluding steroid dienone is 1. The summed E-state index contributed by atoms with van der Waals surface area (Å²) in [5, 5.41) is 14.4. The maximum Gasteiger partial charge on any atom is 0.144 e. The molecule has 3 rings (SSSR count). The minimum absolute atomic E-state index is 0.00581. The van der Waals surface area contributed by atoms with E-state index < -0.39 is 5.82 Å². The molecule has 0 aromatic carbocycles. The number of hydrogen-bond acceptors (Lipinski definition) is 6. The molecule has 7 nitrogen and oxygen atoms in total. The minimum Gasteiger partial charge on any atom is -0.393 e. The molecule has 0 saturated heterocycles. The second-order valence-corrected chi connectivity index (χ2v) is 5.67. The molecule has 8 heteroatoms. The number of hydrogen-bond donors (Lipinski definition) is 2. The summed E-state index contributed by atoms with van der Waals surface area (Å²) in [7, 11) is 1.73. The van der Waals surface area contributed by atoms with Gasteiger partial charge in [0.15, 0.2) is 0 Å². The van der Waals surface area contributed by atoms with Crippen molar-refractivity contribution in [3.05, 3.63) is 76.2 Å². The van der Waals surface area contributed by atoms with Crippen LogP contribution in [0.5, 0.6) is 0 Å². The van der Waals surface area contributed by atoms with E-state index in [0.29, 0.717) is 22.6 Å². The van der Waals surface area contributed by atoms with Gasteiger partial charge in [0.25, 0.3) is 0 Å². The quantitative estimate of drug-likeness (QED) is 0.526. The zero-order chi connectivity index (χ0) is 18.7. The van der Waals surface area contributed by atoms with Gasteiger partial charge < -0.3 is 9.72 Å². The van der Waals surface area contributed by atoms with Crippen molar-refractivity contribution < 1.29 is 4.39 Å². The van der Waals surface area contributed by atoms with Crippen LogP contribution in [0, 0.1) is 23.1 Å². The molecule has 3 aromatic rings. The molecule has 0 aliphatic carbocycles. The summed E-state index contributed by atoms with van der Waals surface area (Å²) in [6.45, 7) is 1.57. The van der Waals surface area contributed by atoms with Crippen molar-refractivity contribution in [3.8, 4) is 0 Å². The number of nitroso groups, excluding NO2 is 1. The number of imidazole rings is 1. The summed E-state index contributed by atoms with van der Waals surface area (Å²) in [5.41, 5.74) is 3.39. The van der Waals surface area contributed by atoms with E-state index in [1.165, 1.54) is 12.1 Å². The molecule has 0 unspecified atom stereocenters. The van der Waals surface area contributed by atoms with Crippen molar-refractivity contribution in [2.24, 2.45) is 5.18 Å². The van der Waals surface area contributed by atoms with Crippen molar-refractivity contribution in [1.29, 1.82) is 5.41 Å². The number of pyridine rings is 2. The number of halogens is 1. The normalized spacial score (nSPS) is 11.6. The smallest absolute Gasteiger partial charge is 0.144 e. The lowest BCUT2D eigenvalue weighted by molar-refractivity contribution is 0.609. The van der Waals surface area contributed by atoms with Gasteiger partial charge in [-0.2, -0.15) is 4.91 Å². The van der Waals surface area contributed by atoms with Crippen LogP contribution in [0.25, 0.3) is 11.2 Å². The van der Waals surface area contributed by atoms with Crippen LogP contribution in [-0.2, 0) is 6.54 Å². The highest BCUT2D eigenvalue weighted by molar-refractivity contribution is 6.29. The summed E-state index contributed by atoms with van der Waals surface area (Å²) < 4.78 is 15.2. The Morgan fingerprint density at radius 2 is 2.19 bits per heavy atom. The van der Waals surface area contributed by atoms with Crippen LogP contribution in [0.1, 0.15) is 22.6 Å². The van der Waals surface area contributed by atoms with Gasteiger partial charge >= 0.3 is 0 Å². The lowest BCUT2D eigenvalue weighted by Crippen LogP contribution is -2.10. The summed E-state index contributed by atoms with van der Waals surface area (Å²) >= 11 is 0. The van der Waals surface area contributed by atoms with Gasteiger partial charge in [0.2, 0.25) is 0 Å². The summed E-state index contributed by atoms with van der Waals surface area (Å²) in [6.07, 6.45) is 5.06. The van der Waals surface area contributed by atoms with Crippen LogP contribution in [0.4, 0.5) is 4.39 Å². The molecule has 26 heavy (non-hydrogen) atoms. The van der Waals surface area contributed by atoms with E-state index in [-0.39, 0.29) is 18.0 Å². The summed E-state index contributed by atoms with van der Waals surface area (Å²) in [5.74, 6) is -0.411. The van der Waals surface area contributed by atoms with E-state index in [4.69, 9.17) is 5.41 Å². The highest BCUT2D eigenvalue weighted by Crippen LogP contribution is 2.21. The lowest BCUT2D eigenvalue weighted by atomic mass is 10.0. The number of nitrogens with one attached hydrogen (secondary N) is 2. The monoisotopic (exact) mass is 352 g/mol. The van der Waals surface area contributed by atoms with Crippen molar-refractivity contribution in [1.82, 2.24) is 19.7 Å². The largest absolute Gasteiger partial charge is 0.393 e. The van der Waals surface area contributed by atoms with Crippen molar-refractivity contribution >= 4 is 16.9 Å². The average molecular weight is 352 g/mol. The molecule has 0 atom stereocenters. The molecule has 0 saturated carbocycles. The lowest BCUT2D eigenvalue weighted by Gasteiger charge is -2.11. The summed E-state index contributed by atoms with van der Waals surface area (Å²) in [4.78, 5) is 19.0. The maximum atomic E-state index is 13.5. The molecular formula is C18H17FN6O. The van der Waals surface area contributed by atoms with Gasteiger partial charge in [-0.25, -0.2) is 14.4 Å². The Kier molecular flexibility index (Phi) is 4.83. The molecule has 132 valence electrons. The van der Waals surface area contributed by atoms with Crippen LogP contribution in [0.15, 0.2) is 48.0 Å². The summed E-state index contributed by atoms with van der Waals surface area (Å²) in [6, 6.07) is 6.40. The first kappa shape index (κ1) is 17.4. The molecule has 0 aliphatic heterocycles. The molecule has 0 spiro atoms. The standard InChI is InChI=1S/C18H17FN6O/c1-11-15(19)4-5-16(24-11)18(20)14(9-21-2)12-3-6-17-22-7-13(8-23-26)25(17)10-12/h3-7,9-10,20-21H,8H2,1-2H3/b14-9-,20-18?. The average Bonchev–Trinajstić information content (AvgIpc) is 3.04. The van der Waals surface area contributed by atoms with E-state index in [9.17, 15) is 9.30 Å². The van der Waals surface area contributed by atoms with Gasteiger partial charge in [-0.1, -0.05) is 5.18 Å². The Bertz CT molecular complexity index is 1020. The molecule has 2 N–H and O–H groups in total. The number of fused-ring (bicyclic) bond motifs is 1. The minimum atomic E-state index is -0.411.